The molecule has 1 N–H and O–H groups in total. The molecule has 1 aliphatic heterocycles. The van der Waals surface area contributed by atoms with Gasteiger partial charge in [-0.3, -0.25) is 4.90 Å². The van der Waals surface area contributed by atoms with Gasteiger partial charge >= 0.3 is 0 Å². The van der Waals surface area contributed by atoms with Gasteiger partial charge < -0.3 is 10.1 Å². The summed E-state index contributed by atoms with van der Waals surface area (Å²) < 4.78 is 5.64. The Bertz CT molecular complexity index is 213. The zero-order chi connectivity index (χ0) is 12.9. The van der Waals surface area contributed by atoms with E-state index in [2.05, 4.69) is 44.8 Å². The maximum Gasteiger partial charge on any atom is 0.0673 e. The van der Waals surface area contributed by atoms with Crippen molar-refractivity contribution < 1.29 is 4.74 Å². The SMILES string of the molecule is CCOC(C)CN1CCCNC(C(C)(C)C)C1. The van der Waals surface area contributed by atoms with Crippen molar-refractivity contribution in [1.29, 1.82) is 0 Å². The molecule has 1 fully saturated rings. The largest absolute Gasteiger partial charge is 0.377 e. The fourth-order valence-corrected chi connectivity index (χ4v) is 2.44. The molecule has 0 aromatic heterocycles. The molecule has 0 amide bonds. The Balaban J connectivity index is 2.48. The summed E-state index contributed by atoms with van der Waals surface area (Å²) in [5.74, 6) is 0. The smallest absolute Gasteiger partial charge is 0.0673 e. The lowest BCUT2D eigenvalue weighted by atomic mass is 9.86. The van der Waals surface area contributed by atoms with Crippen LogP contribution in [-0.4, -0.2) is 49.8 Å². The molecular formula is C14H30N2O. The van der Waals surface area contributed by atoms with E-state index in [4.69, 9.17) is 4.74 Å². The molecule has 0 spiro atoms. The summed E-state index contributed by atoms with van der Waals surface area (Å²) >= 11 is 0. The molecule has 0 radical (unpaired) electrons. The average Bonchev–Trinajstić information content (AvgIpc) is 2.42. The first-order chi connectivity index (χ1) is 7.93. The van der Waals surface area contributed by atoms with E-state index in [1.165, 1.54) is 13.0 Å². The van der Waals surface area contributed by atoms with Crippen LogP contribution in [-0.2, 0) is 4.74 Å². The van der Waals surface area contributed by atoms with Crippen molar-refractivity contribution >= 4 is 0 Å². The highest BCUT2D eigenvalue weighted by molar-refractivity contribution is 4.86. The van der Waals surface area contributed by atoms with Crippen molar-refractivity contribution in [2.75, 3.05) is 32.8 Å². The second-order valence-electron chi connectivity index (χ2n) is 6.25. The van der Waals surface area contributed by atoms with Gasteiger partial charge in [0.15, 0.2) is 0 Å². The normalized spacial score (nSPS) is 25.6. The maximum absolute atomic E-state index is 5.64. The summed E-state index contributed by atoms with van der Waals surface area (Å²) in [5, 5.41) is 3.67. The van der Waals surface area contributed by atoms with E-state index in [1.807, 2.05) is 0 Å². The molecule has 2 atom stereocenters. The van der Waals surface area contributed by atoms with Crippen LogP contribution in [0.25, 0.3) is 0 Å². The fourth-order valence-electron chi connectivity index (χ4n) is 2.44. The zero-order valence-corrected chi connectivity index (χ0v) is 12.3. The molecule has 1 saturated heterocycles. The van der Waals surface area contributed by atoms with E-state index >= 15 is 0 Å². The molecule has 102 valence electrons. The van der Waals surface area contributed by atoms with Crippen molar-refractivity contribution in [3.63, 3.8) is 0 Å². The van der Waals surface area contributed by atoms with Crippen LogP contribution in [0.1, 0.15) is 41.0 Å². The number of rotatable bonds is 4. The standard InChI is InChI=1S/C14H30N2O/c1-6-17-12(2)10-16-9-7-8-15-13(11-16)14(3,4)5/h12-13,15H,6-11H2,1-5H3. The molecule has 17 heavy (non-hydrogen) atoms. The summed E-state index contributed by atoms with van der Waals surface area (Å²) in [6, 6.07) is 0.582. The van der Waals surface area contributed by atoms with Gasteiger partial charge in [0.2, 0.25) is 0 Å². The van der Waals surface area contributed by atoms with Crippen molar-refractivity contribution in [2.45, 2.75) is 53.2 Å². The van der Waals surface area contributed by atoms with Crippen LogP contribution in [0.4, 0.5) is 0 Å². The molecule has 0 aromatic carbocycles. The minimum Gasteiger partial charge on any atom is -0.377 e. The molecule has 1 heterocycles. The predicted octanol–water partition coefficient (Wildman–Crippen LogP) is 2.12. The molecule has 1 aliphatic rings. The highest BCUT2D eigenvalue weighted by atomic mass is 16.5. The Hall–Kier alpha value is -0.120. The van der Waals surface area contributed by atoms with Gasteiger partial charge in [-0.1, -0.05) is 20.8 Å². The highest BCUT2D eigenvalue weighted by Gasteiger charge is 2.28. The van der Waals surface area contributed by atoms with Crippen molar-refractivity contribution in [2.24, 2.45) is 5.41 Å². The van der Waals surface area contributed by atoms with Crippen LogP contribution < -0.4 is 5.32 Å². The van der Waals surface area contributed by atoms with Gasteiger partial charge in [-0.25, -0.2) is 0 Å². The van der Waals surface area contributed by atoms with Gasteiger partial charge in [0.05, 0.1) is 6.10 Å². The van der Waals surface area contributed by atoms with E-state index in [9.17, 15) is 0 Å². The Morgan fingerprint density at radius 1 is 1.41 bits per heavy atom. The van der Waals surface area contributed by atoms with Crippen LogP contribution in [0, 0.1) is 5.41 Å². The third kappa shape index (κ3) is 5.36. The van der Waals surface area contributed by atoms with E-state index < -0.39 is 0 Å². The lowest BCUT2D eigenvalue weighted by Gasteiger charge is -2.34. The number of nitrogens with zero attached hydrogens (tertiary/aromatic N) is 1. The number of hydrogen-bond acceptors (Lipinski definition) is 3. The van der Waals surface area contributed by atoms with Crippen LogP contribution in [0.15, 0.2) is 0 Å². The van der Waals surface area contributed by atoms with E-state index in [0.29, 0.717) is 17.6 Å². The number of ether oxygens (including phenoxy) is 1. The second kappa shape index (κ2) is 6.72. The minimum absolute atomic E-state index is 0.331. The lowest BCUT2D eigenvalue weighted by molar-refractivity contribution is 0.0419. The van der Waals surface area contributed by atoms with E-state index in [-0.39, 0.29) is 0 Å². The summed E-state index contributed by atoms with van der Waals surface area (Å²) in [4.78, 5) is 2.55. The molecule has 0 aliphatic carbocycles. The summed E-state index contributed by atoms with van der Waals surface area (Å²) in [6.45, 7) is 16.5. The van der Waals surface area contributed by atoms with Crippen molar-refractivity contribution in [3.05, 3.63) is 0 Å². The van der Waals surface area contributed by atoms with Gasteiger partial charge in [0, 0.05) is 25.7 Å². The predicted molar refractivity (Wildman–Crippen MR) is 73.4 cm³/mol. The van der Waals surface area contributed by atoms with Gasteiger partial charge in [-0.2, -0.15) is 0 Å². The minimum atomic E-state index is 0.331. The molecule has 3 nitrogen and oxygen atoms in total. The highest BCUT2D eigenvalue weighted by Crippen LogP contribution is 2.21. The van der Waals surface area contributed by atoms with Crippen LogP contribution >= 0.6 is 0 Å². The first kappa shape index (κ1) is 14.9. The lowest BCUT2D eigenvalue weighted by Crippen LogP contribution is -2.47. The average molecular weight is 242 g/mol. The van der Waals surface area contributed by atoms with Crippen LogP contribution in [0.5, 0.6) is 0 Å². The van der Waals surface area contributed by atoms with Crippen LogP contribution in [0.3, 0.4) is 0 Å². The summed E-state index contributed by atoms with van der Waals surface area (Å²) in [6.07, 6.45) is 1.59. The monoisotopic (exact) mass is 242 g/mol. The van der Waals surface area contributed by atoms with Gasteiger partial charge in [0.1, 0.15) is 0 Å². The number of hydrogen-bond donors (Lipinski definition) is 1. The second-order valence-corrected chi connectivity index (χ2v) is 6.25. The quantitative estimate of drug-likeness (QED) is 0.817. The van der Waals surface area contributed by atoms with Gasteiger partial charge in [0.25, 0.3) is 0 Å². The molecule has 0 aromatic rings. The third-order valence-electron chi connectivity index (χ3n) is 3.49. The topological polar surface area (TPSA) is 24.5 Å². The summed E-state index contributed by atoms with van der Waals surface area (Å²) in [7, 11) is 0. The first-order valence-electron chi connectivity index (χ1n) is 7.00. The van der Waals surface area contributed by atoms with E-state index in [1.54, 1.807) is 0 Å². The Morgan fingerprint density at radius 2 is 2.12 bits per heavy atom. The van der Waals surface area contributed by atoms with Crippen molar-refractivity contribution in [1.82, 2.24) is 10.2 Å². The molecule has 3 heteroatoms. The fraction of sp³-hybridized carbons (Fsp3) is 1.00. The van der Waals surface area contributed by atoms with Crippen LogP contribution in [0.2, 0.25) is 0 Å². The van der Waals surface area contributed by atoms with Crippen molar-refractivity contribution in [3.8, 4) is 0 Å². The molecule has 1 rings (SSSR count). The first-order valence-corrected chi connectivity index (χ1v) is 7.00. The Labute approximate surface area is 107 Å². The number of nitrogens with one attached hydrogen (secondary N) is 1. The molecule has 2 unspecified atom stereocenters. The Kier molecular flexibility index (Phi) is 5.90. The molecule has 0 bridgehead atoms. The molecular weight excluding hydrogens is 212 g/mol. The Morgan fingerprint density at radius 3 is 2.71 bits per heavy atom. The van der Waals surface area contributed by atoms with E-state index in [0.717, 1.165) is 26.2 Å². The van der Waals surface area contributed by atoms with Gasteiger partial charge in [-0.15, -0.1) is 0 Å². The zero-order valence-electron chi connectivity index (χ0n) is 12.3. The van der Waals surface area contributed by atoms with Gasteiger partial charge in [-0.05, 0) is 38.8 Å². The third-order valence-corrected chi connectivity index (χ3v) is 3.49. The maximum atomic E-state index is 5.64. The summed E-state index contributed by atoms with van der Waals surface area (Å²) in [5.41, 5.74) is 0.331. The molecule has 0 saturated carbocycles.